The molecule has 1 unspecified atom stereocenters. The van der Waals surface area contributed by atoms with E-state index < -0.39 is 10.3 Å². The minimum atomic E-state index is -0.567. The summed E-state index contributed by atoms with van der Waals surface area (Å²) >= 11 is 6.40. The Morgan fingerprint density at radius 1 is 1.21 bits per heavy atom. The first-order valence-electron chi connectivity index (χ1n) is 5.86. The van der Waals surface area contributed by atoms with Crippen molar-refractivity contribution in [1.82, 2.24) is 0 Å². The van der Waals surface area contributed by atoms with Gasteiger partial charge in [-0.05, 0) is 43.5 Å². The number of furan rings is 1. The topological polar surface area (TPSA) is 56.3 Å². The maximum absolute atomic E-state index is 10.6. The van der Waals surface area contributed by atoms with Gasteiger partial charge < -0.3 is 4.42 Å². The zero-order chi connectivity index (χ0) is 14.2. The van der Waals surface area contributed by atoms with Crippen LogP contribution in [0.4, 0.5) is 5.88 Å². The number of hydrogen-bond donors (Lipinski definition) is 0. The first kappa shape index (κ1) is 13.6. The molecular formula is C14H14ClNO3. The summed E-state index contributed by atoms with van der Waals surface area (Å²) in [5.41, 5.74) is 4.21. The van der Waals surface area contributed by atoms with Gasteiger partial charge >= 0.3 is 5.88 Å². The van der Waals surface area contributed by atoms with Crippen LogP contribution in [-0.4, -0.2) is 4.92 Å². The van der Waals surface area contributed by atoms with Crippen molar-refractivity contribution >= 4 is 17.5 Å². The SMILES string of the molecule is Cc1cc(C)c(C(Cl)c2ccc([N+](=O)[O-])o2)c(C)c1. The Hall–Kier alpha value is -1.81. The van der Waals surface area contributed by atoms with Gasteiger partial charge in [-0.25, -0.2) is 0 Å². The Labute approximate surface area is 116 Å². The van der Waals surface area contributed by atoms with Crippen molar-refractivity contribution in [3.8, 4) is 0 Å². The quantitative estimate of drug-likeness (QED) is 0.474. The van der Waals surface area contributed by atoms with Crippen LogP contribution in [0.5, 0.6) is 0 Å². The highest BCUT2D eigenvalue weighted by Crippen LogP contribution is 2.36. The van der Waals surface area contributed by atoms with Gasteiger partial charge in [0.25, 0.3) is 0 Å². The fourth-order valence-electron chi connectivity index (χ4n) is 2.31. The predicted molar refractivity (Wildman–Crippen MR) is 73.7 cm³/mol. The molecule has 2 rings (SSSR count). The van der Waals surface area contributed by atoms with Gasteiger partial charge in [-0.2, -0.15) is 0 Å². The van der Waals surface area contributed by atoms with Gasteiger partial charge in [-0.3, -0.25) is 10.1 Å². The third-order valence-corrected chi connectivity index (χ3v) is 3.47. The van der Waals surface area contributed by atoms with Crippen LogP contribution in [0.1, 0.15) is 33.4 Å². The summed E-state index contributed by atoms with van der Waals surface area (Å²) in [6.45, 7) is 5.97. The number of halogens is 1. The molecule has 0 fully saturated rings. The van der Waals surface area contributed by atoms with E-state index in [4.69, 9.17) is 16.0 Å². The third kappa shape index (κ3) is 2.63. The van der Waals surface area contributed by atoms with Crippen LogP contribution >= 0.6 is 11.6 Å². The van der Waals surface area contributed by atoms with Crippen LogP contribution in [0, 0.1) is 30.9 Å². The van der Waals surface area contributed by atoms with Crippen LogP contribution in [0.15, 0.2) is 28.7 Å². The van der Waals surface area contributed by atoms with E-state index in [0.29, 0.717) is 5.76 Å². The lowest BCUT2D eigenvalue weighted by atomic mass is 9.96. The van der Waals surface area contributed by atoms with Crippen molar-refractivity contribution in [2.75, 3.05) is 0 Å². The molecule has 100 valence electrons. The summed E-state index contributed by atoms with van der Waals surface area (Å²) in [6.07, 6.45) is 0. The van der Waals surface area contributed by atoms with Crippen LogP contribution < -0.4 is 0 Å². The molecule has 4 nitrogen and oxygen atoms in total. The van der Waals surface area contributed by atoms with E-state index in [2.05, 4.69) is 0 Å². The van der Waals surface area contributed by atoms with Gasteiger partial charge in [0.2, 0.25) is 0 Å². The summed E-state index contributed by atoms with van der Waals surface area (Å²) in [6, 6.07) is 6.95. The summed E-state index contributed by atoms with van der Waals surface area (Å²) < 4.78 is 5.17. The largest absolute Gasteiger partial charge is 0.433 e. The molecule has 1 aromatic carbocycles. The van der Waals surface area contributed by atoms with Gasteiger partial charge in [0.15, 0.2) is 0 Å². The Kier molecular flexibility index (Phi) is 3.62. The van der Waals surface area contributed by atoms with E-state index in [0.717, 1.165) is 22.3 Å². The van der Waals surface area contributed by atoms with Crippen LogP contribution in [0.25, 0.3) is 0 Å². The molecule has 0 N–H and O–H groups in total. The zero-order valence-corrected chi connectivity index (χ0v) is 11.7. The van der Waals surface area contributed by atoms with E-state index in [1.807, 2.05) is 32.9 Å². The monoisotopic (exact) mass is 279 g/mol. The second-order valence-electron chi connectivity index (χ2n) is 4.61. The van der Waals surface area contributed by atoms with Crippen molar-refractivity contribution in [1.29, 1.82) is 0 Å². The fraction of sp³-hybridized carbons (Fsp3) is 0.286. The zero-order valence-electron chi connectivity index (χ0n) is 10.9. The molecule has 0 aliphatic carbocycles. The predicted octanol–water partition coefficient (Wildman–Crippen LogP) is 4.44. The lowest BCUT2D eigenvalue weighted by Gasteiger charge is -2.14. The molecule has 0 saturated carbocycles. The number of alkyl halides is 1. The summed E-state index contributed by atoms with van der Waals surface area (Å²) in [7, 11) is 0. The summed E-state index contributed by atoms with van der Waals surface area (Å²) in [5, 5.41) is 10.1. The molecule has 1 heterocycles. The highest BCUT2D eigenvalue weighted by Gasteiger charge is 2.22. The first-order chi connectivity index (χ1) is 8.90. The molecule has 2 aromatic rings. The first-order valence-corrected chi connectivity index (χ1v) is 6.29. The molecular weight excluding hydrogens is 266 g/mol. The average Bonchev–Trinajstić information content (AvgIpc) is 2.76. The van der Waals surface area contributed by atoms with Crippen molar-refractivity contribution < 1.29 is 9.34 Å². The van der Waals surface area contributed by atoms with Gasteiger partial charge in [-0.15, -0.1) is 11.6 Å². The minimum absolute atomic E-state index is 0.289. The van der Waals surface area contributed by atoms with E-state index in [9.17, 15) is 10.1 Å². The number of rotatable bonds is 3. The van der Waals surface area contributed by atoms with Crippen LogP contribution in [-0.2, 0) is 0 Å². The Balaban J connectivity index is 2.43. The minimum Gasteiger partial charge on any atom is -0.404 e. The lowest BCUT2D eigenvalue weighted by molar-refractivity contribution is -0.402. The fourth-order valence-corrected chi connectivity index (χ4v) is 2.77. The molecule has 0 aliphatic rings. The molecule has 0 aliphatic heterocycles. The molecule has 1 aromatic heterocycles. The standard InChI is InChI=1S/C14H14ClNO3/c1-8-6-9(2)13(10(3)7-8)14(15)11-4-5-12(19-11)16(17)18/h4-7,14H,1-3H3. The maximum Gasteiger partial charge on any atom is 0.433 e. The smallest absolute Gasteiger partial charge is 0.404 e. The highest BCUT2D eigenvalue weighted by molar-refractivity contribution is 6.22. The number of hydrogen-bond acceptors (Lipinski definition) is 3. The Bertz CT molecular complexity index is 610. The van der Waals surface area contributed by atoms with E-state index in [-0.39, 0.29) is 5.88 Å². The van der Waals surface area contributed by atoms with Crippen molar-refractivity contribution in [3.05, 3.63) is 62.4 Å². The Morgan fingerprint density at radius 3 is 2.26 bits per heavy atom. The summed E-state index contributed by atoms with van der Waals surface area (Å²) in [4.78, 5) is 10.1. The van der Waals surface area contributed by atoms with E-state index in [1.165, 1.54) is 6.07 Å². The van der Waals surface area contributed by atoms with E-state index >= 15 is 0 Å². The molecule has 0 spiro atoms. The van der Waals surface area contributed by atoms with Crippen molar-refractivity contribution in [2.24, 2.45) is 0 Å². The van der Waals surface area contributed by atoms with Gasteiger partial charge in [0, 0.05) is 0 Å². The molecule has 0 radical (unpaired) electrons. The molecule has 19 heavy (non-hydrogen) atoms. The van der Waals surface area contributed by atoms with Gasteiger partial charge in [0.05, 0.1) is 6.07 Å². The van der Waals surface area contributed by atoms with Crippen molar-refractivity contribution in [2.45, 2.75) is 26.1 Å². The van der Waals surface area contributed by atoms with E-state index in [1.54, 1.807) is 6.07 Å². The number of nitro groups is 1. The summed E-state index contributed by atoms with van der Waals surface area (Å²) in [5.74, 6) is 0.103. The molecule has 5 heteroatoms. The van der Waals surface area contributed by atoms with Gasteiger partial charge in [-0.1, -0.05) is 17.7 Å². The molecule has 1 atom stereocenters. The Morgan fingerprint density at radius 2 is 1.79 bits per heavy atom. The third-order valence-electron chi connectivity index (χ3n) is 3.03. The normalized spacial score (nSPS) is 12.4. The van der Waals surface area contributed by atoms with Crippen molar-refractivity contribution in [3.63, 3.8) is 0 Å². The number of benzene rings is 1. The highest BCUT2D eigenvalue weighted by atomic mass is 35.5. The maximum atomic E-state index is 10.6. The number of nitrogens with zero attached hydrogens (tertiary/aromatic N) is 1. The molecule has 0 saturated heterocycles. The van der Waals surface area contributed by atoms with Crippen LogP contribution in [0.3, 0.4) is 0 Å². The van der Waals surface area contributed by atoms with Gasteiger partial charge in [0.1, 0.15) is 16.1 Å². The number of aryl methyl sites for hydroxylation is 3. The lowest BCUT2D eigenvalue weighted by Crippen LogP contribution is -1.99. The average molecular weight is 280 g/mol. The molecule has 0 amide bonds. The second-order valence-corrected chi connectivity index (χ2v) is 5.04. The molecule has 0 bridgehead atoms. The second kappa shape index (κ2) is 5.05. The van der Waals surface area contributed by atoms with Crippen LogP contribution in [0.2, 0.25) is 0 Å².